The Morgan fingerprint density at radius 3 is 3.07 bits per heavy atom. The summed E-state index contributed by atoms with van der Waals surface area (Å²) in [7, 11) is 0. The lowest BCUT2D eigenvalue weighted by Gasteiger charge is -2.17. The normalized spacial score (nSPS) is 20.1. The van der Waals surface area contributed by atoms with Gasteiger partial charge in [0.2, 0.25) is 0 Å². The summed E-state index contributed by atoms with van der Waals surface area (Å²) in [6.07, 6.45) is 0. The van der Waals surface area contributed by atoms with E-state index in [0.29, 0.717) is 10.6 Å². The molecule has 2 rings (SSSR count). The second kappa shape index (κ2) is 3.06. The van der Waals surface area contributed by atoms with Crippen LogP contribution in [0.15, 0.2) is 0 Å². The zero-order valence-electron chi connectivity index (χ0n) is 7.40. The fraction of sp³-hybridized carbons (Fsp3) is 0.375. The number of carbonyl (C=O) groups excluding carboxylic acids is 1. The summed E-state index contributed by atoms with van der Waals surface area (Å²) in [5, 5.41) is 12.1. The third-order valence-corrected chi connectivity index (χ3v) is 3.05. The Morgan fingerprint density at radius 1 is 1.71 bits per heavy atom. The highest BCUT2D eigenvalue weighted by Gasteiger charge is 2.33. The van der Waals surface area contributed by atoms with Crippen LogP contribution in [-0.2, 0) is 4.79 Å². The number of fused-ring (bicyclic) bond motifs is 1. The van der Waals surface area contributed by atoms with E-state index in [2.05, 4.69) is 10.3 Å². The van der Waals surface area contributed by atoms with Crippen molar-refractivity contribution in [3.8, 4) is 0 Å². The number of carboxylic acid groups (broad SMARTS) is 1. The van der Waals surface area contributed by atoms with Gasteiger partial charge in [0.25, 0.3) is 5.91 Å². The van der Waals surface area contributed by atoms with E-state index in [1.165, 1.54) is 11.3 Å². The maximum Gasteiger partial charge on any atom is 0.314 e. The SMILES string of the molecule is Cc1nc2c(s1)C(=O)NCC2C(=O)O. The standard InChI is InChI=1S/C8H8N2O3S/c1-3-10-5-4(8(12)13)2-9-7(11)6(5)14-3/h4H,2H2,1H3,(H,9,11)(H,12,13). The van der Waals surface area contributed by atoms with Crippen LogP contribution in [0.4, 0.5) is 0 Å². The highest BCUT2D eigenvalue weighted by Crippen LogP contribution is 2.28. The Balaban J connectivity index is 2.51. The molecule has 0 radical (unpaired) electrons. The molecular weight excluding hydrogens is 204 g/mol. The smallest absolute Gasteiger partial charge is 0.314 e. The molecule has 2 heterocycles. The van der Waals surface area contributed by atoms with Crippen LogP contribution < -0.4 is 5.32 Å². The van der Waals surface area contributed by atoms with Crippen molar-refractivity contribution in [2.24, 2.45) is 0 Å². The number of hydrogen-bond acceptors (Lipinski definition) is 4. The maximum absolute atomic E-state index is 11.3. The number of carbonyl (C=O) groups is 2. The lowest BCUT2D eigenvalue weighted by atomic mass is 10.0. The average molecular weight is 212 g/mol. The number of amides is 1. The molecule has 74 valence electrons. The minimum Gasteiger partial charge on any atom is -0.481 e. The Hall–Kier alpha value is -1.43. The van der Waals surface area contributed by atoms with E-state index >= 15 is 0 Å². The first-order valence-electron chi connectivity index (χ1n) is 4.08. The number of rotatable bonds is 1. The molecule has 0 aromatic carbocycles. The van der Waals surface area contributed by atoms with Gasteiger partial charge >= 0.3 is 5.97 Å². The molecule has 0 saturated carbocycles. The minimum atomic E-state index is -0.948. The molecule has 1 amide bonds. The van der Waals surface area contributed by atoms with Gasteiger partial charge in [0.1, 0.15) is 10.8 Å². The van der Waals surface area contributed by atoms with Crippen LogP contribution in [0, 0.1) is 6.92 Å². The second-order valence-corrected chi connectivity index (χ2v) is 4.25. The first-order chi connectivity index (χ1) is 6.59. The third kappa shape index (κ3) is 1.27. The number of nitrogens with one attached hydrogen (secondary N) is 1. The molecule has 6 heteroatoms. The van der Waals surface area contributed by atoms with Gasteiger partial charge in [-0.05, 0) is 6.92 Å². The van der Waals surface area contributed by atoms with Crippen molar-refractivity contribution in [2.45, 2.75) is 12.8 Å². The van der Waals surface area contributed by atoms with Crippen LogP contribution in [0.5, 0.6) is 0 Å². The van der Waals surface area contributed by atoms with Gasteiger partial charge in [-0.2, -0.15) is 0 Å². The highest BCUT2D eigenvalue weighted by molar-refractivity contribution is 7.13. The van der Waals surface area contributed by atoms with Gasteiger partial charge in [-0.15, -0.1) is 11.3 Å². The van der Waals surface area contributed by atoms with Crippen molar-refractivity contribution >= 4 is 23.2 Å². The van der Waals surface area contributed by atoms with E-state index < -0.39 is 11.9 Å². The van der Waals surface area contributed by atoms with Crippen molar-refractivity contribution in [3.63, 3.8) is 0 Å². The summed E-state index contributed by atoms with van der Waals surface area (Å²) >= 11 is 1.23. The first kappa shape index (κ1) is 9.14. The summed E-state index contributed by atoms with van der Waals surface area (Å²) in [6, 6.07) is 0. The molecule has 0 bridgehead atoms. The van der Waals surface area contributed by atoms with E-state index in [1.54, 1.807) is 6.92 Å². The van der Waals surface area contributed by atoms with Gasteiger partial charge in [0, 0.05) is 6.54 Å². The summed E-state index contributed by atoms with van der Waals surface area (Å²) in [5.74, 6) is -1.87. The average Bonchev–Trinajstić information content (AvgIpc) is 2.47. The van der Waals surface area contributed by atoms with E-state index in [9.17, 15) is 9.59 Å². The molecule has 1 aromatic heterocycles. The van der Waals surface area contributed by atoms with Crippen LogP contribution in [0.2, 0.25) is 0 Å². The predicted molar refractivity (Wildman–Crippen MR) is 49.6 cm³/mol. The zero-order valence-corrected chi connectivity index (χ0v) is 8.22. The van der Waals surface area contributed by atoms with Crippen molar-refractivity contribution in [1.82, 2.24) is 10.3 Å². The first-order valence-corrected chi connectivity index (χ1v) is 4.89. The number of aryl methyl sites for hydroxylation is 1. The van der Waals surface area contributed by atoms with Crippen molar-refractivity contribution in [2.75, 3.05) is 6.54 Å². The molecule has 5 nitrogen and oxygen atoms in total. The van der Waals surface area contributed by atoms with Crippen LogP contribution in [0.3, 0.4) is 0 Å². The van der Waals surface area contributed by atoms with Gasteiger partial charge in [-0.3, -0.25) is 9.59 Å². The predicted octanol–water partition coefficient (Wildman–Crippen LogP) is 0.363. The molecule has 0 spiro atoms. The Bertz CT molecular complexity index is 413. The van der Waals surface area contributed by atoms with E-state index in [4.69, 9.17) is 5.11 Å². The molecule has 1 aromatic rings. The van der Waals surface area contributed by atoms with Gasteiger partial charge in [0.05, 0.1) is 10.7 Å². The zero-order chi connectivity index (χ0) is 10.3. The fourth-order valence-corrected chi connectivity index (χ4v) is 2.31. The molecule has 1 unspecified atom stereocenters. The highest BCUT2D eigenvalue weighted by atomic mass is 32.1. The monoisotopic (exact) mass is 212 g/mol. The summed E-state index contributed by atoms with van der Waals surface area (Å²) in [6.45, 7) is 1.89. The fourth-order valence-electron chi connectivity index (χ4n) is 1.42. The van der Waals surface area contributed by atoms with Crippen molar-refractivity contribution < 1.29 is 14.7 Å². The molecule has 1 atom stereocenters. The van der Waals surface area contributed by atoms with E-state index in [1.807, 2.05) is 0 Å². The molecule has 0 aliphatic carbocycles. The largest absolute Gasteiger partial charge is 0.481 e. The quantitative estimate of drug-likeness (QED) is 0.704. The Labute approximate surface area is 83.8 Å². The van der Waals surface area contributed by atoms with Crippen LogP contribution in [0.25, 0.3) is 0 Å². The molecule has 1 aliphatic heterocycles. The molecule has 14 heavy (non-hydrogen) atoms. The number of nitrogens with zero attached hydrogens (tertiary/aromatic N) is 1. The number of aromatic nitrogens is 1. The van der Waals surface area contributed by atoms with Crippen LogP contribution in [-0.4, -0.2) is 28.5 Å². The number of hydrogen-bond donors (Lipinski definition) is 2. The minimum absolute atomic E-state index is 0.129. The molecule has 2 N–H and O–H groups in total. The second-order valence-electron chi connectivity index (χ2n) is 3.05. The van der Waals surface area contributed by atoms with E-state index in [0.717, 1.165) is 5.01 Å². The van der Waals surface area contributed by atoms with Crippen molar-refractivity contribution in [1.29, 1.82) is 0 Å². The topological polar surface area (TPSA) is 79.3 Å². The summed E-state index contributed by atoms with van der Waals surface area (Å²) in [4.78, 5) is 26.7. The van der Waals surface area contributed by atoms with Crippen LogP contribution in [0.1, 0.15) is 26.3 Å². The Morgan fingerprint density at radius 2 is 2.43 bits per heavy atom. The lowest BCUT2D eigenvalue weighted by molar-refractivity contribution is -0.138. The molecule has 0 fully saturated rings. The Kier molecular flexibility index (Phi) is 1.99. The van der Waals surface area contributed by atoms with Crippen LogP contribution >= 0.6 is 11.3 Å². The summed E-state index contributed by atoms with van der Waals surface area (Å²) in [5.41, 5.74) is 0.406. The third-order valence-electron chi connectivity index (χ3n) is 2.06. The van der Waals surface area contributed by atoms with E-state index in [-0.39, 0.29) is 12.5 Å². The van der Waals surface area contributed by atoms with Gasteiger partial charge < -0.3 is 10.4 Å². The lowest BCUT2D eigenvalue weighted by Crippen LogP contribution is -2.37. The number of carboxylic acids is 1. The maximum atomic E-state index is 11.3. The van der Waals surface area contributed by atoms with Gasteiger partial charge in [0.15, 0.2) is 0 Å². The summed E-state index contributed by atoms with van der Waals surface area (Å²) < 4.78 is 0. The molecule has 1 aliphatic rings. The number of aliphatic carboxylic acids is 1. The van der Waals surface area contributed by atoms with Gasteiger partial charge in [-0.25, -0.2) is 4.98 Å². The molecule has 0 saturated heterocycles. The number of thiazole rings is 1. The molecular formula is C8H8N2O3S. The van der Waals surface area contributed by atoms with Gasteiger partial charge in [-0.1, -0.05) is 0 Å². The van der Waals surface area contributed by atoms with Crippen molar-refractivity contribution in [3.05, 3.63) is 15.6 Å².